The van der Waals surface area contributed by atoms with Crippen LogP contribution in [0.15, 0.2) is 30.9 Å². The van der Waals surface area contributed by atoms with Gasteiger partial charge in [-0.25, -0.2) is 0 Å². The zero-order chi connectivity index (χ0) is 13.7. The maximum atomic E-state index is 12.1. The lowest BCUT2D eigenvalue weighted by atomic mass is 10.0. The number of carbonyl (C=O) groups is 1. The van der Waals surface area contributed by atoms with Crippen molar-refractivity contribution in [3.05, 3.63) is 42.0 Å². The molecule has 0 saturated carbocycles. The van der Waals surface area contributed by atoms with E-state index >= 15 is 0 Å². The summed E-state index contributed by atoms with van der Waals surface area (Å²) < 4.78 is 0. The van der Waals surface area contributed by atoms with E-state index in [-0.39, 0.29) is 12.1 Å². The van der Waals surface area contributed by atoms with E-state index in [1.165, 1.54) is 12.8 Å². The summed E-state index contributed by atoms with van der Waals surface area (Å²) in [6.45, 7) is 5.91. The highest BCUT2D eigenvalue weighted by Crippen LogP contribution is 2.23. The molecule has 1 heterocycles. The van der Waals surface area contributed by atoms with E-state index in [1.807, 2.05) is 18.2 Å². The quantitative estimate of drug-likeness (QED) is 0.606. The van der Waals surface area contributed by atoms with Crippen molar-refractivity contribution in [3.63, 3.8) is 0 Å². The van der Waals surface area contributed by atoms with Crippen molar-refractivity contribution in [1.29, 1.82) is 0 Å². The smallest absolute Gasteiger partial charge is 0.254 e. The molecule has 1 aliphatic rings. The number of fused-ring (bicyclic) bond motifs is 1. The summed E-state index contributed by atoms with van der Waals surface area (Å²) in [4.78, 5) is 12.1. The second kappa shape index (κ2) is 6.41. The maximum absolute atomic E-state index is 12.1. The number of unbranched alkanes of at least 4 members (excludes halogenated alkanes) is 2. The van der Waals surface area contributed by atoms with E-state index in [2.05, 4.69) is 30.2 Å². The molecule has 0 saturated heterocycles. The predicted molar refractivity (Wildman–Crippen MR) is 79.4 cm³/mol. The van der Waals surface area contributed by atoms with Crippen LogP contribution in [0.3, 0.4) is 0 Å². The average molecular weight is 258 g/mol. The highest BCUT2D eigenvalue weighted by Gasteiger charge is 2.22. The highest BCUT2D eigenvalue weighted by molar-refractivity contribution is 6.01. The minimum atomic E-state index is 0.0289. The first-order chi connectivity index (χ1) is 9.24. The van der Waals surface area contributed by atoms with Gasteiger partial charge in [0.2, 0.25) is 0 Å². The lowest BCUT2D eigenvalue weighted by Gasteiger charge is -2.28. The van der Waals surface area contributed by atoms with Gasteiger partial charge in [-0.3, -0.25) is 4.79 Å². The molecule has 2 N–H and O–H groups in total. The minimum absolute atomic E-state index is 0.0289. The van der Waals surface area contributed by atoms with E-state index in [0.29, 0.717) is 0 Å². The molecule has 1 atom stereocenters. The first kappa shape index (κ1) is 13.7. The largest absolute Gasteiger partial charge is 0.365 e. The number of allylic oxidation sites excluding steroid dienone is 1. The first-order valence-electron chi connectivity index (χ1n) is 7.05. The Morgan fingerprint density at radius 3 is 2.89 bits per heavy atom. The molecule has 0 aliphatic carbocycles. The summed E-state index contributed by atoms with van der Waals surface area (Å²) in [5.74, 6) is 0.0289. The van der Waals surface area contributed by atoms with Crippen LogP contribution in [0, 0.1) is 0 Å². The van der Waals surface area contributed by atoms with Crippen molar-refractivity contribution < 1.29 is 4.79 Å². The number of anilines is 1. The van der Waals surface area contributed by atoms with E-state index in [0.717, 1.165) is 36.1 Å². The van der Waals surface area contributed by atoms with Crippen LogP contribution >= 0.6 is 0 Å². The Morgan fingerprint density at radius 1 is 1.32 bits per heavy atom. The van der Waals surface area contributed by atoms with Crippen molar-refractivity contribution in [3.8, 4) is 0 Å². The van der Waals surface area contributed by atoms with Crippen LogP contribution in [0.1, 0.15) is 48.5 Å². The Labute approximate surface area is 115 Å². The van der Waals surface area contributed by atoms with Gasteiger partial charge in [0.25, 0.3) is 5.91 Å². The number of amides is 1. The lowest BCUT2D eigenvalue weighted by Crippen LogP contribution is -2.44. The Balaban J connectivity index is 2.07. The number of carbonyl (C=O) groups excluding carboxylic acids is 1. The minimum Gasteiger partial charge on any atom is -0.365 e. The van der Waals surface area contributed by atoms with Crippen LogP contribution in [-0.4, -0.2) is 12.1 Å². The summed E-state index contributed by atoms with van der Waals surface area (Å²) in [5.41, 5.74) is 2.80. The number of benzene rings is 1. The van der Waals surface area contributed by atoms with Crippen LogP contribution in [-0.2, 0) is 6.42 Å². The zero-order valence-electron chi connectivity index (χ0n) is 11.5. The molecule has 0 spiro atoms. The molecule has 1 unspecified atom stereocenters. The fourth-order valence-corrected chi connectivity index (χ4v) is 2.40. The molecule has 0 radical (unpaired) electrons. The van der Waals surface area contributed by atoms with Gasteiger partial charge in [-0.05, 0) is 37.0 Å². The van der Waals surface area contributed by atoms with E-state index < -0.39 is 0 Å². The monoisotopic (exact) mass is 258 g/mol. The van der Waals surface area contributed by atoms with Crippen LogP contribution in [0.5, 0.6) is 0 Å². The topological polar surface area (TPSA) is 41.1 Å². The molecule has 0 bridgehead atoms. The summed E-state index contributed by atoms with van der Waals surface area (Å²) in [6.07, 6.45) is 7.23. The molecular weight excluding hydrogens is 236 g/mol. The average Bonchev–Trinajstić information content (AvgIpc) is 2.40. The van der Waals surface area contributed by atoms with E-state index in [9.17, 15) is 4.79 Å². The zero-order valence-corrected chi connectivity index (χ0v) is 11.5. The summed E-state index contributed by atoms with van der Waals surface area (Å²) in [5, 5.41) is 6.42. The highest BCUT2D eigenvalue weighted by atomic mass is 16.2. The van der Waals surface area contributed by atoms with Crippen LogP contribution < -0.4 is 10.6 Å². The molecule has 102 valence electrons. The van der Waals surface area contributed by atoms with Crippen molar-refractivity contribution in [1.82, 2.24) is 5.32 Å². The normalized spacial score (nSPS) is 17.3. The second-order valence-electron chi connectivity index (χ2n) is 5.04. The predicted octanol–water partition coefficient (Wildman–Crippen LogP) is 3.48. The lowest BCUT2D eigenvalue weighted by molar-refractivity contribution is 0.0933. The van der Waals surface area contributed by atoms with Crippen molar-refractivity contribution in [2.45, 2.75) is 45.2 Å². The van der Waals surface area contributed by atoms with Gasteiger partial charge in [-0.15, -0.1) is 6.58 Å². The molecule has 1 aromatic rings. The third kappa shape index (κ3) is 3.37. The molecule has 1 aromatic carbocycles. The van der Waals surface area contributed by atoms with Crippen molar-refractivity contribution >= 4 is 11.6 Å². The van der Waals surface area contributed by atoms with Gasteiger partial charge in [-0.2, -0.15) is 0 Å². The van der Waals surface area contributed by atoms with Gasteiger partial charge >= 0.3 is 0 Å². The molecule has 0 fully saturated rings. The van der Waals surface area contributed by atoms with Gasteiger partial charge in [0.1, 0.15) is 0 Å². The third-order valence-electron chi connectivity index (χ3n) is 3.44. The van der Waals surface area contributed by atoms with Gasteiger partial charge in [-0.1, -0.05) is 31.9 Å². The van der Waals surface area contributed by atoms with E-state index in [1.54, 1.807) is 0 Å². The van der Waals surface area contributed by atoms with Gasteiger partial charge in [0, 0.05) is 5.69 Å². The second-order valence-corrected chi connectivity index (χ2v) is 5.04. The Kier molecular flexibility index (Phi) is 4.61. The van der Waals surface area contributed by atoms with Gasteiger partial charge in [0.05, 0.1) is 11.7 Å². The number of rotatable bonds is 6. The molecule has 1 amide bonds. The van der Waals surface area contributed by atoms with Crippen molar-refractivity contribution in [2.24, 2.45) is 0 Å². The van der Waals surface area contributed by atoms with Crippen LogP contribution in [0.25, 0.3) is 0 Å². The van der Waals surface area contributed by atoms with E-state index in [4.69, 9.17) is 0 Å². The number of hydrogen-bond acceptors (Lipinski definition) is 2. The fourth-order valence-electron chi connectivity index (χ4n) is 2.40. The Morgan fingerprint density at radius 2 is 2.16 bits per heavy atom. The maximum Gasteiger partial charge on any atom is 0.254 e. The van der Waals surface area contributed by atoms with Gasteiger partial charge < -0.3 is 10.6 Å². The number of nitrogens with one attached hydrogen (secondary N) is 2. The Hall–Kier alpha value is -1.77. The first-order valence-corrected chi connectivity index (χ1v) is 7.05. The fraction of sp³-hybridized carbons (Fsp3) is 0.438. The number of hydrogen-bond donors (Lipinski definition) is 2. The molecule has 0 aromatic heterocycles. The molecule has 3 nitrogen and oxygen atoms in total. The summed E-state index contributed by atoms with van der Waals surface area (Å²) in [7, 11) is 0. The molecule has 19 heavy (non-hydrogen) atoms. The Bertz CT molecular complexity index is 468. The van der Waals surface area contributed by atoms with Crippen molar-refractivity contribution in [2.75, 3.05) is 5.32 Å². The molecule has 2 rings (SSSR count). The molecular formula is C16H22N2O. The third-order valence-corrected chi connectivity index (χ3v) is 3.44. The van der Waals surface area contributed by atoms with Crippen LogP contribution in [0.2, 0.25) is 0 Å². The SMILES string of the molecule is C=CCc1ccc2c(c1)C(=O)NC(CCCCC)N2. The standard InChI is InChI=1S/C16H22N2O/c1-3-5-6-8-15-17-14-10-9-12(7-4-2)11-13(14)16(19)18-15/h4,9-11,15,17H,2-3,5-8H2,1H3,(H,18,19). The molecule has 3 heteroatoms. The van der Waals surface area contributed by atoms with Crippen LogP contribution in [0.4, 0.5) is 5.69 Å². The van der Waals surface area contributed by atoms with Gasteiger partial charge in [0.15, 0.2) is 0 Å². The molecule has 1 aliphatic heterocycles. The summed E-state index contributed by atoms with van der Waals surface area (Å²) >= 11 is 0. The summed E-state index contributed by atoms with van der Waals surface area (Å²) in [6, 6.07) is 6.00.